The van der Waals surface area contributed by atoms with Crippen LogP contribution < -0.4 is 69.3 Å². The second kappa shape index (κ2) is 20.5. The summed E-state index contributed by atoms with van der Waals surface area (Å²) < 4.78 is 78.4. The number of allylic oxidation sites excluding steroid dienone is 5. The fourth-order valence-electron chi connectivity index (χ4n) is 5.81. The molecular weight excluding hydrogens is 759 g/mol. The Morgan fingerprint density at radius 2 is 1.43 bits per heavy atom. The predicted octanol–water partition coefficient (Wildman–Crippen LogP) is -0.639. The van der Waals surface area contributed by atoms with Crippen LogP contribution in [0.15, 0.2) is 142 Å². The van der Waals surface area contributed by atoms with Crippen LogP contribution in [0.5, 0.6) is 0 Å². The smallest absolute Gasteiger partial charge is 0.744 e. The van der Waals surface area contributed by atoms with Gasteiger partial charge in [-0.1, -0.05) is 54.6 Å². The molecule has 0 saturated heterocycles. The number of benzene rings is 4. The summed E-state index contributed by atoms with van der Waals surface area (Å²) in [5.74, 6) is 0. The van der Waals surface area contributed by atoms with Crippen LogP contribution in [0, 0.1) is 0 Å². The van der Waals surface area contributed by atoms with E-state index in [2.05, 4.69) is 14.3 Å². The molecule has 0 heterocycles. The van der Waals surface area contributed by atoms with Crippen molar-refractivity contribution in [2.75, 3.05) is 18.0 Å². The van der Waals surface area contributed by atoms with Crippen LogP contribution in [0.2, 0.25) is 0 Å². The predicted molar refractivity (Wildman–Crippen MR) is 190 cm³/mol. The molecule has 0 bridgehead atoms. The summed E-state index contributed by atoms with van der Waals surface area (Å²) >= 11 is 0.820. The number of hydrogen-bond donors (Lipinski definition) is 0. The summed E-state index contributed by atoms with van der Waals surface area (Å²) in [5, 5.41) is 13.7. The van der Waals surface area contributed by atoms with Gasteiger partial charge >= 0.3 is 59.1 Å². The van der Waals surface area contributed by atoms with Crippen LogP contribution in [0.25, 0.3) is 5.57 Å². The quantitative estimate of drug-likeness (QED) is 0.0399. The molecule has 0 N–H and O–H groups in total. The zero-order valence-electron chi connectivity index (χ0n) is 29.7. The van der Waals surface area contributed by atoms with Crippen molar-refractivity contribution in [3.05, 3.63) is 149 Å². The van der Waals surface area contributed by atoms with Crippen molar-refractivity contribution in [1.29, 1.82) is 0 Å². The van der Waals surface area contributed by atoms with Gasteiger partial charge in [-0.25, -0.2) is 21.4 Å². The second-order valence-electron chi connectivity index (χ2n) is 11.4. The van der Waals surface area contributed by atoms with Gasteiger partial charge in [-0.2, -0.15) is 4.33 Å². The first-order valence-corrected chi connectivity index (χ1v) is 19.4. The third-order valence-electron chi connectivity index (χ3n) is 8.22. The summed E-state index contributed by atoms with van der Waals surface area (Å²) in [7, 11) is -9.43. The Labute approximate surface area is 358 Å². The normalized spacial score (nSPS) is 12.5. The molecule has 0 atom stereocenters. The molecule has 53 heavy (non-hydrogen) atoms. The summed E-state index contributed by atoms with van der Waals surface area (Å²) in [6.07, 6.45) is 7.43. The number of rotatable bonds is 14. The molecule has 5 rings (SSSR count). The van der Waals surface area contributed by atoms with Gasteiger partial charge in [0.1, 0.15) is 26.8 Å². The van der Waals surface area contributed by atoms with Gasteiger partial charge in [0.25, 0.3) is 0 Å². The fraction of sp³-hybridized carbons (Fsp3) is 0.162. The molecule has 0 saturated carbocycles. The van der Waals surface area contributed by atoms with Gasteiger partial charge in [0.05, 0.1) is 21.8 Å². The van der Waals surface area contributed by atoms with E-state index in [-0.39, 0.29) is 74.5 Å². The molecule has 0 spiro atoms. The molecule has 0 aromatic heterocycles. The number of hydrogen-bond acceptors (Lipinski definition) is 11. The van der Waals surface area contributed by atoms with E-state index in [0.29, 0.717) is 53.3 Å². The van der Waals surface area contributed by atoms with E-state index in [1.54, 1.807) is 24.3 Å². The van der Waals surface area contributed by atoms with E-state index in [1.165, 1.54) is 30.3 Å². The first-order chi connectivity index (χ1) is 24.4. The summed E-state index contributed by atoms with van der Waals surface area (Å²) in [5.41, 5.74) is 5.52. The van der Waals surface area contributed by atoms with E-state index in [9.17, 15) is 31.2 Å². The van der Waals surface area contributed by atoms with E-state index in [4.69, 9.17) is 0 Å². The van der Waals surface area contributed by atoms with Crippen molar-refractivity contribution in [1.82, 2.24) is 0 Å². The van der Waals surface area contributed by atoms with Crippen LogP contribution in [0.1, 0.15) is 36.1 Å². The minimum Gasteiger partial charge on any atom is -0.744 e. The summed E-state index contributed by atoms with van der Waals surface area (Å²) in [6.45, 7) is 6.12. The molecule has 0 aliphatic heterocycles. The van der Waals surface area contributed by atoms with Crippen molar-refractivity contribution in [3.8, 4) is 0 Å². The second-order valence-corrected chi connectivity index (χ2v) is 14.9. The van der Waals surface area contributed by atoms with Crippen LogP contribution in [-0.2, 0) is 42.7 Å². The van der Waals surface area contributed by atoms with Crippen LogP contribution in [0.4, 0.5) is 5.69 Å². The Bertz CT molecular complexity index is 2220. The Hall–Kier alpha value is -2.38. The zero-order valence-corrected chi connectivity index (χ0v) is 36.1. The van der Waals surface area contributed by atoms with Crippen molar-refractivity contribution < 1.29 is 104 Å². The average molecular weight is 793 g/mol. The Morgan fingerprint density at radius 3 is 2.06 bits per heavy atom. The molecule has 4 aromatic rings. The molecule has 1 aliphatic carbocycles. The fourth-order valence-corrected chi connectivity index (χ4v) is 7.47. The van der Waals surface area contributed by atoms with Gasteiger partial charge < -0.3 is 19.3 Å². The topological polar surface area (TPSA) is 162 Å². The Balaban J connectivity index is 0.00000378. The van der Waals surface area contributed by atoms with Crippen LogP contribution in [-0.4, -0.2) is 49.3 Å². The van der Waals surface area contributed by atoms with Crippen molar-refractivity contribution in [2.24, 2.45) is 0 Å². The summed E-state index contributed by atoms with van der Waals surface area (Å²) in [4.78, 5) is 2.22. The maximum absolute atomic E-state index is 12.4. The minimum absolute atomic E-state index is 0. The molecular formula is C37H34N2Na2O9S3. The monoisotopic (exact) mass is 792 g/mol. The Kier molecular flexibility index (Phi) is 17.4. The largest absolute Gasteiger partial charge is 1.00 e. The molecule has 0 unspecified atom stereocenters. The average Bonchev–Trinajstić information content (AvgIpc) is 3.12. The van der Waals surface area contributed by atoms with E-state index in [1.807, 2.05) is 85.2 Å². The van der Waals surface area contributed by atoms with Gasteiger partial charge in [-0.15, -0.1) is 0 Å². The minimum atomic E-state index is -4.83. The van der Waals surface area contributed by atoms with E-state index >= 15 is 0 Å². The maximum Gasteiger partial charge on any atom is 1.00 e. The van der Waals surface area contributed by atoms with Gasteiger partial charge in [0, 0.05) is 47.0 Å². The molecule has 1 aliphatic rings. The van der Waals surface area contributed by atoms with Gasteiger partial charge in [0.2, 0.25) is 0 Å². The van der Waals surface area contributed by atoms with Crippen LogP contribution >= 0.6 is 12.0 Å². The molecule has 16 heteroatoms. The van der Waals surface area contributed by atoms with Crippen molar-refractivity contribution >= 4 is 49.3 Å². The van der Waals surface area contributed by atoms with Gasteiger partial charge in [-0.05, 0) is 90.7 Å². The van der Waals surface area contributed by atoms with E-state index < -0.39 is 20.2 Å². The molecule has 0 fully saturated rings. The Morgan fingerprint density at radius 1 is 0.774 bits per heavy atom. The number of anilines is 1. The standard InChI is InChI=1S/C37H36N2O9S3.2Na/c1-3-38(25-27-9-7-11-33(23-27)49-48-47-40)31-19-15-29(16-20-31)37(35-13-5-6-14-36(35)51(44,45)46)30-17-21-32(22-18-30)39(4-2)26-28-10-8-12-34(24-28)50(41,42)43;;/h5-24H,3-4,25-26H2,1-2H3,(H2-,40,41,42,43,44,45,46);;/q;2*+1/p-2. The van der Waals surface area contributed by atoms with E-state index in [0.717, 1.165) is 29.0 Å². The SMILES string of the molecule is CCN(Cc1cccc(SOO[O-])c1)c1ccc(C(=C2C=CC(=[N+](CC)Cc3cccc(S(=O)(=O)[O-])c3)C=C2)c2ccccc2S(=O)(=O)[O-])cc1.[Na+].[Na+]. The van der Waals surface area contributed by atoms with Crippen molar-refractivity contribution in [2.45, 2.75) is 41.6 Å². The third kappa shape index (κ3) is 12.1. The molecule has 0 radical (unpaired) electrons. The molecule has 11 nitrogen and oxygen atoms in total. The first kappa shape index (κ1) is 45.0. The molecule has 4 aromatic carbocycles. The van der Waals surface area contributed by atoms with Crippen LogP contribution in [0.3, 0.4) is 0 Å². The molecule has 0 amide bonds. The first-order valence-electron chi connectivity index (χ1n) is 15.8. The summed E-state index contributed by atoms with van der Waals surface area (Å²) in [6, 6.07) is 27.2. The van der Waals surface area contributed by atoms with Gasteiger partial charge in [-0.3, -0.25) is 5.04 Å². The molecule has 266 valence electrons. The van der Waals surface area contributed by atoms with Gasteiger partial charge in [0.15, 0.2) is 12.3 Å². The third-order valence-corrected chi connectivity index (χ3v) is 10.5. The van der Waals surface area contributed by atoms with Crippen molar-refractivity contribution in [3.63, 3.8) is 0 Å². The zero-order chi connectivity index (χ0) is 36.6. The number of nitrogens with zero attached hydrogens (tertiary/aromatic N) is 2. The maximum atomic E-state index is 12.4.